The predicted molar refractivity (Wildman–Crippen MR) is 100 cm³/mol. The second-order valence-corrected chi connectivity index (χ2v) is 6.76. The van der Waals surface area contributed by atoms with Gasteiger partial charge in [-0.05, 0) is 18.2 Å². The number of carbonyl (C=O) groups excluding carboxylic acids is 1. The van der Waals surface area contributed by atoms with Crippen molar-refractivity contribution < 1.29 is 36.2 Å². The average molecular weight is 465 g/mol. The number of halogens is 6. The third-order valence-electron chi connectivity index (χ3n) is 4.22. The molecule has 13 heteroatoms. The molecular formula is C18H14ClF5N4O3. The van der Waals surface area contributed by atoms with E-state index in [0.717, 1.165) is 30.5 Å². The first-order chi connectivity index (χ1) is 14.6. The number of hydrogen-bond donors (Lipinski definition) is 2. The topological polar surface area (TPSA) is 98.8 Å². The Morgan fingerprint density at radius 3 is 2.65 bits per heavy atom. The van der Waals surface area contributed by atoms with Gasteiger partial charge >= 0.3 is 6.61 Å². The van der Waals surface area contributed by atoms with Gasteiger partial charge < -0.3 is 20.5 Å². The van der Waals surface area contributed by atoms with Gasteiger partial charge in [0, 0.05) is 17.3 Å². The minimum absolute atomic E-state index is 0.0773. The van der Waals surface area contributed by atoms with E-state index in [-0.39, 0.29) is 34.6 Å². The van der Waals surface area contributed by atoms with Crippen LogP contribution in [0.3, 0.4) is 0 Å². The average Bonchev–Trinajstić information content (AvgIpc) is 2.68. The Kier molecular flexibility index (Phi) is 6.60. The van der Waals surface area contributed by atoms with Crippen molar-refractivity contribution in [3.8, 4) is 5.75 Å². The molecule has 0 saturated carbocycles. The standard InChI is InChI=1S/C18H14ClF5N4O3/c19-11-4-9(31-17(23)24)5-26-14(11)15(29)27-8-1-2-12(20)10(3-8)18(16(21)22)7-30-6-13(25)28-18/h1-5,16-17H,6-7H2,(H2,25,28)(H,27,29). The first-order valence-corrected chi connectivity index (χ1v) is 8.92. The summed E-state index contributed by atoms with van der Waals surface area (Å²) in [4.78, 5) is 19.8. The first-order valence-electron chi connectivity index (χ1n) is 8.54. The van der Waals surface area contributed by atoms with E-state index in [9.17, 15) is 26.7 Å². The summed E-state index contributed by atoms with van der Waals surface area (Å²) in [5, 5.41) is 2.02. The molecule has 1 atom stereocenters. The van der Waals surface area contributed by atoms with Gasteiger partial charge in [0.05, 0.1) is 17.8 Å². The third-order valence-corrected chi connectivity index (χ3v) is 4.51. The number of aromatic nitrogens is 1. The van der Waals surface area contributed by atoms with Crippen LogP contribution in [0.25, 0.3) is 0 Å². The summed E-state index contributed by atoms with van der Waals surface area (Å²) in [6.45, 7) is -3.92. The number of nitrogens with one attached hydrogen (secondary N) is 1. The van der Waals surface area contributed by atoms with Gasteiger partial charge in [0.1, 0.15) is 29.7 Å². The number of pyridine rings is 1. The minimum Gasteiger partial charge on any atom is -0.433 e. The van der Waals surface area contributed by atoms with Gasteiger partial charge in [-0.15, -0.1) is 0 Å². The number of hydrogen-bond acceptors (Lipinski definition) is 6. The van der Waals surface area contributed by atoms with Gasteiger partial charge in [0.15, 0.2) is 5.54 Å². The SMILES string of the molecule is NC1=NC(c2cc(NC(=O)c3ncc(OC(F)F)cc3Cl)ccc2F)(C(F)F)COC1. The van der Waals surface area contributed by atoms with Crippen LogP contribution >= 0.6 is 11.6 Å². The van der Waals surface area contributed by atoms with Crippen LogP contribution in [-0.4, -0.2) is 43.0 Å². The Morgan fingerprint density at radius 1 is 1.29 bits per heavy atom. The number of amidine groups is 1. The third kappa shape index (κ3) is 4.85. The second-order valence-electron chi connectivity index (χ2n) is 6.35. The molecule has 0 aliphatic carbocycles. The van der Waals surface area contributed by atoms with E-state index in [4.69, 9.17) is 22.1 Å². The summed E-state index contributed by atoms with van der Waals surface area (Å²) >= 11 is 5.88. The molecule has 1 unspecified atom stereocenters. The van der Waals surface area contributed by atoms with Crippen molar-refractivity contribution in [2.24, 2.45) is 10.7 Å². The van der Waals surface area contributed by atoms with Crippen molar-refractivity contribution in [2.45, 2.75) is 18.6 Å². The smallest absolute Gasteiger partial charge is 0.387 e. The van der Waals surface area contributed by atoms with E-state index in [0.29, 0.717) is 0 Å². The summed E-state index contributed by atoms with van der Waals surface area (Å²) in [6.07, 6.45) is -2.31. The number of nitrogens with zero attached hydrogens (tertiary/aromatic N) is 2. The number of rotatable bonds is 6. The van der Waals surface area contributed by atoms with Gasteiger partial charge in [-0.25, -0.2) is 18.2 Å². The van der Waals surface area contributed by atoms with E-state index < -0.39 is 42.5 Å². The van der Waals surface area contributed by atoms with Gasteiger partial charge in [0.25, 0.3) is 12.3 Å². The van der Waals surface area contributed by atoms with E-state index in [1.54, 1.807) is 0 Å². The minimum atomic E-state index is -3.16. The van der Waals surface area contributed by atoms with Gasteiger partial charge in [-0.2, -0.15) is 8.78 Å². The summed E-state index contributed by atoms with van der Waals surface area (Å²) in [6, 6.07) is 3.90. The van der Waals surface area contributed by atoms with E-state index in [2.05, 4.69) is 20.0 Å². The molecule has 166 valence electrons. The first kappa shape index (κ1) is 22.7. The molecule has 1 aliphatic rings. The summed E-state index contributed by atoms with van der Waals surface area (Å²) in [5.74, 6) is -2.51. The Labute approximate surface area is 177 Å². The van der Waals surface area contributed by atoms with Crippen molar-refractivity contribution in [3.05, 3.63) is 52.6 Å². The highest BCUT2D eigenvalue weighted by molar-refractivity contribution is 6.34. The summed E-state index contributed by atoms with van der Waals surface area (Å²) in [7, 11) is 0. The van der Waals surface area contributed by atoms with Crippen LogP contribution in [0, 0.1) is 5.82 Å². The number of nitrogens with two attached hydrogens (primary N) is 1. The fraction of sp³-hybridized carbons (Fsp3) is 0.278. The highest BCUT2D eigenvalue weighted by atomic mass is 35.5. The molecule has 0 fully saturated rings. The molecule has 2 aromatic rings. The molecule has 3 rings (SSSR count). The highest BCUT2D eigenvalue weighted by Crippen LogP contribution is 2.38. The number of ether oxygens (including phenoxy) is 2. The summed E-state index contributed by atoms with van der Waals surface area (Å²) in [5.41, 5.74) is 2.14. The number of carbonyl (C=O) groups is 1. The normalized spacial score (nSPS) is 18.8. The van der Waals surface area contributed by atoms with E-state index >= 15 is 0 Å². The Hall–Kier alpha value is -2.99. The quantitative estimate of drug-likeness (QED) is 0.637. The van der Waals surface area contributed by atoms with E-state index in [1.165, 1.54) is 0 Å². The van der Waals surface area contributed by atoms with Crippen LogP contribution < -0.4 is 15.8 Å². The van der Waals surface area contributed by atoms with Crippen LogP contribution in [0.5, 0.6) is 5.75 Å². The van der Waals surface area contributed by atoms with Crippen molar-refractivity contribution >= 4 is 29.0 Å². The number of anilines is 1. The molecule has 0 saturated heterocycles. The lowest BCUT2D eigenvalue weighted by Gasteiger charge is -2.33. The molecule has 0 bridgehead atoms. The van der Waals surface area contributed by atoms with Crippen molar-refractivity contribution in [3.63, 3.8) is 0 Å². The molecular weight excluding hydrogens is 451 g/mol. The van der Waals surface area contributed by atoms with Crippen molar-refractivity contribution in [1.29, 1.82) is 0 Å². The number of benzene rings is 1. The Morgan fingerprint density at radius 2 is 2.03 bits per heavy atom. The predicted octanol–water partition coefficient (Wildman–Crippen LogP) is 3.58. The van der Waals surface area contributed by atoms with Crippen molar-refractivity contribution in [1.82, 2.24) is 4.98 Å². The van der Waals surface area contributed by atoms with Crippen LogP contribution in [0.4, 0.5) is 27.6 Å². The van der Waals surface area contributed by atoms with Crippen LogP contribution in [0.15, 0.2) is 35.5 Å². The molecule has 0 spiro atoms. The Bertz CT molecular complexity index is 1020. The number of amides is 1. The van der Waals surface area contributed by atoms with Gasteiger partial charge in [-0.3, -0.25) is 9.79 Å². The molecule has 1 aliphatic heterocycles. The van der Waals surface area contributed by atoms with E-state index in [1.807, 2.05) is 0 Å². The highest BCUT2D eigenvalue weighted by Gasteiger charge is 2.46. The zero-order valence-corrected chi connectivity index (χ0v) is 16.2. The van der Waals surface area contributed by atoms with Gasteiger partial charge in [-0.1, -0.05) is 11.6 Å². The van der Waals surface area contributed by atoms with Crippen molar-refractivity contribution in [2.75, 3.05) is 18.5 Å². The number of alkyl halides is 4. The largest absolute Gasteiger partial charge is 0.433 e. The molecule has 3 N–H and O–H groups in total. The van der Waals surface area contributed by atoms with Crippen LogP contribution in [-0.2, 0) is 10.3 Å². The fourth-order valence-electron chi connectivity index (χ4n) is 2.88. The lowest BCUT2D eigenvalue weighted by atomic mass is 9.90. The molecule has 31 heavy (non-hydrogen) atoms. The molecule has 1 aromatic carbocycles. The maximum absolute atomic E-state index is 14.4. The van der Waals surface area contributed by atoms with Crippen LogP contribution in [0.2, 0.25) is 5.02 Å². The summed E-state index contributed by atoms with van der Waals surface area (Å²) < 4.78 is 75.8. The van der Waals surface area contributed by atoms with Crippen LogP contribution in [0.1, 0.15) is 16.1 Å². The molecule has 0 radical (unpaired) electrons. The monoisotopic (exact) mass is 464 g/mol. The lowest BCUT2D eigenvalue weighted by molar-refractivity contribution is -0.0500. The number of aliphatic imine (C=N–C) groups is 1. The molecule has 1 amide bonds. The molecule has 7 nitrogen and oxygen atoms in total. The molecule has 1 aromatic heterocycles. The van der Waals surface area contributed by atoms with Gasteiger partial charge in [0.2, 0.25) is 0 Å². The fourth-order valence-corrected chi connectivity index (χ4v) is 3.12. The zero-order chi connectivity index (χ0) is 22.8. The lowest BCUT2D eigenvalue weighted by Crippen LogP contribution is -2.45. The maximum atomic E-state index is 14.4. The molecule has 2 heterocycles. The second kappa shape index (κ2) is 9.02. The zero-order valence-electron chi connectivity index (χ0n) is 15.4. The Balaban J connectivity index is 1.90. The maximum Gasteiger partial charge on any atom is 0.387 e.